The van der Waals surface area contributed by atoms with Gasteiger partial charge in [-0.25, -0.2) is 0 Å². The first kappa shape index (κ1) is 15.7. The monoisotopic (exact) mass is 516 g/mol. The fourth-order valence-electron chi connectivity index (χ4n) is 3.44. The Kier molecular flexibility index (Phi) is 2.54. The Morgan fingerprint density at radius 3 is 1.33 bits per heavy atom. The van der Waals surface area contributed by atoms with Crippen LogP contribution in [0.4, 0.5) is 0 Å². The summed E-state index contributed by atoms with van der Waals surface area (Å²) >= 11 is 1.27. The van der Waals surface area contributed by atoms with Crippen LogP contribution in [0.25, 0.3) is 0 Å². The zero-order chi connectivity index (χ0) is 14.2. The number of hydrogen-bond acceptors (Lipinski definition) is 0. The van der Waals surface area contributed by atoms with Crippen LogP contribution < -0.4 is 0 Å². The predicted octanol–water partition coefficient (Wildman–Crippen LogP) is 4.57. The molecule has 0 aromatic carbocycles. The van der Waals surface area contributed by atoms with Crippen molar-refractivity contribution in [2.75, 3.05) is 0 Å². The van der Waals surface area contributed by atoms with Crippen molar-refractivity contribution >= 4 is 51.4 Å². The molecule has 2 aliphatic rings. The van der Waals surface area contributed by atoms with Gasteiger partial charge in [0.25, 0.3) is 0 Å². The van der Waals surface area contributed by atoms with E-state index < -0.39 is 21.5 Å². The molecular weight excluding hydrogens is 484 g/mol. The Labute approximate surface area is 123 Å². The molecule has 0 radical (unpaired) electrons. The van der Waals surface area contributed by atoms with Gasteiger partial charge in [-0.1, -0.05) is 0 Å². The summed E-state index contributed by atoms with van der Waals surface area (Å²) in [5.41, 5.74) is 0. The predicted molar refractivity (Wildman–Crippen MR) is 95.2 cm³/mol. The molecule has 0 nitrogen and oxygen atoms in total. The molecule has 0 N–H and O–H groups in total. The third kappa shape index (κ3) is 2.45. The van der Waals surface area contributed by atoms with Crippen molar-refractivity contribution in [3.8, 4) is 0 Å². The summed E-state index contributed by atoms with van der Waals surface area (Å²) in [4.78, 5) is 10.3. The molecule has 4 heteroatoms. The van der Waals surface area contributed by atoms with E-state index in [0.29, 0.717) is 29.9 Å². The molecule has 2 heterocycles. The normalized spacial score (nSPS) is 43.6. The maximum atomic E-state index is 2.69. The first-order chi connectivity index (χ1) is 7.46. The van der Waals surface area contributed by atoms with E-state index in [1.54, 1.807) is 0 Å². The van der Waals surface area contributed by atoms with Crippen LogP contribution in [0.2, 0.25) is 46.6 Å². The molecule has 0 saturated carbocycles. The SMILES string of the molecule is C[Se]1(C)(C)(C)C=C[Se](C)(C)(C)(C)C1=C1[Se]C=C[Se]1. The van der Waals surface area contributed by atoms with Crippen LogP contribution >= 0.6 is 0 Å². The second-order valence-electron chi connectivity index (χ2n) is 10.0. The average molecular weight is 512 g/mol. The average Bonchev–Trinajstić information content (AvgIpc) is 2.52. The van der Waals surface area contributed by atoms with Crippen molar-refractivity contribution in [2.45, 2.75) is 46.6 Å². The molecule has 0 unspecified atom stereocenters. The van der Waals surface area contributed by atoms with Gasteiger partial charge < -0.3 is 0 Å². The van der Waals surface area contributed by atoms with Gasteiger partial charge in [0.1, 0.15) is 0 Å². The van der Waals surface area contributed by atoms with Crippen LogP contribution in [-0.4, -0.2) is 51.4 Å². The standard InChI is InChI=1S/C14H28Se4/c1-17(2,3,4)11-12-18(5,6,7,8)14(17)13-15-9-10-16-13/h9-12H,1-8H3. The molecule has 2 rings (SSSR count). The molecular formula is C14H28Se4. The minimum absolute atomic E-state index is 0.633. The zero-order valence-electron chi connectivity index (χ0n) is 12.9. The fourth-order valence-corrected chi connectivity index (χ4v) is 89.8. The Bertz CT molecular complexity index is 494. The molecule has 0 aliphatic carbocycles. The third-order valence-corrected chi connectivity index (χ3v) is 43.2. The number of hydrogen-bond donors (Lipinski definition) is 0. The molecule has 0 fully saturated rings. The van der Waals surface area contributed by atoms with E-state index in [2.05, 4.69) is 66.5 Å². The van der Waals surface area contributed by atoms with Crippen molar-refractivity contribution in [1.29, 1.82) is 0 Å². The molecule has 0 spiro atoms. The van der Waals surface area contributed by atoms with Crippen molar-refractivity contribution in [3.63, 3.8) is 0 Å². The van der Waals surface area contributed by atoms with Gasteiger partial charge in [-0.05, 0) is 0 Å². The molecule has 0 saturated heterocycles. The van der Waals surface area contributed by atoms with E-state index in [1.165, 1.54) is 0 Å². The van der Waals surface area contributed by atoms with Gasteiger partial charge in [-0.3, -0.25) is 0 Å². The third-order valence-electron chi connectivity index (χ3n) is 3.55. The van der Waals surface area contributed by atoms with Gasteiger partial charge in [0, 0.05) is 0 Å². The summed E-state index contributed by atoms with van der Waals surface area (Å²) in [6, 6.07) is 0. The molecule has 0 amide bonds. The molecule has 0 bridgehead atoms. The summed E-state index contributed by atoms with van der Waals surface area (Å²) in [7, 11) is -5.63. The summed E-state index contributed by atoms with van der Waals surface area (Å²) < 4.78 is 3.84. The first-order valence-corrected chi connectivity index (χ1v) is 27.0. The summed E-state index contributed by atoms with van der Waals surface area (Å²) in [6.07, 6.45) is 0. The maximum absolute atomic E-state index is 2.82. The summed E-state index contributed by atoms with van der Waals surface area (Å²) in [6.45, 7) is 0. The molecule has 18 heavy (non-hydrogen) atoms. The second kappa shape index (κ2) is 2.92. The first-order valence-electron chi connectivity index (χ1n) is 5.94. The Hall–Kier alpha value is 1.30. The Morgan fingerprint density at radius 1 is 0.667 bits per heavy atom. The van der Waals surface area contributed by atoms with E-state index in [1.807, 2.05) is 6.74 Å². The molecule has 0 atom stereocenters. The zero-order valence-corrected chi connectivity index (χ0v) is 19.8. The van der Waals surface area contributed by atoms with Crippen LogP contribution in [0.15, 0.2) is 26.6 Å². The summed E-state index contributed by atoms with van der Waals surface area (Å²) in [5, 5.41) is 0. The molecule has 2 aliphatic heterocycles. The van der Waals surface area contributed by atoms with Gasteiger partial charge in [-0.15, -0.1) is 0 Å². The Morgan fingerprint density at radius 2 is 1.00 bits per heavy atom. The van der Waals surface area contributed by atoms with Crippen molar-refractivity contribution in [3.05, 3.63) is 26.6 Å². The van der Waals surface area contributed by atoms with E-state index >= 15 is 0 Å². The molecule has 108 valence electrons. The Balaban J connectivity index is 2.93. The quantitative estimate of drug-likeness (QED) is 0.418. The number of rotatable bonds is 0. The molecule has 0 aromatic heterocycles. The van der Waals surface area contributed by atoms with Crippen LogP contribution in [0, 0.1) is 0 Å². The van der Waals surface area contributed by atoms with E-state index in [0.717, 1.165) is 0 Å². The van der Waals surface area contributed by atoms with Gasteiger partial charge in [0.05, 0.1) is 0 Å². The van der Waals surface area contributed by atoms with E-state index in [-0.39, 0.29) is 0 Å². The topological polar surface area (TPSA) is 0 Å². The van der Waals surface area contributed by atoms with Crippen LogP contribution in [0.3, 0.4) is 0 Å². The van der Waals surface area contributed by atoms with E-state index in [4.69, 9.17) is 0 Å². The van der Waals surface area contributed by atoms with Crippen LogP contribution in [-0.2, 0) is 0 Å². The van der Waals surface area contributed by atoms with Gasteiger partial charge in [0.15, 0.2) is 0 Å². The second-order valence-corrected chi connectivity index (χ2v) is 55.6. The van der Waals surface area contributed by atoms with E-state index in [9.17, 15) is 0 Å². The van der Waals surface area contributed by atoms with Crippen LogP contribution in [0.1, 0.15) is 0 Å². The van der Waals surface area contributed by atoms with Crippen molar-refractivity contribution in [1.82, 2.24) is 0 Å². The van der Waals surface area contributed by atoms with Gasteiger partial charge >= 0.3 is 125 Å². The minimum atomic E-state index is -2.82. The molecule has 0 aromatic rings. The summed E-state index contributed by atoms with van der Waals surface area (Å²) in [5.74, 6) is 20.9. The van der Waals surface area contributed by atoms with Crippen LogP contribution in [0.5, 0.6) is 0 Å². The van der Waals surface area contributed by atoms with Crippen molar-refractivity contribution < 1.29 is 0 Å². The van der Waals surface area contributed by atoms with Gasteiger partial charge in [-0.2, -0.15) is 0 Å². The fraction of sp³-hybridized carbons (Fsp3) is 0.571. The van der Waals surface area contributed by atoms with Crippen molar-refractivity contribution in [2.24, 2.45) is 0 Å². The van der Waals surface area contributed by atoms with Gasteiger partial charge in [0.2, 0.25) is 0 Å².